The van der Waals surface area contributed by atoms with Crippen LogP contribution in [0.4, 0.5) is 0 Å². The van der Waals surface area contributed by atoms with Crippen molar-refractivity contribution in [3.63, 3.8) is 0 Å². The van der Waals surface area contributed by atoms with Crippen LogP contribution < -0.4 is 0 Å². The van der Waals surface area contributed by atoms with E-state index in [-0.39, 0.29) is 10.7 Å². The molecule has 30 heavy (non-hydrogen) atoms. The minimum atomic E-state index is -0.165. The molecule has 2 aromatic heterocycles. The maximum Gasteiger partial charge on any atom is 0.239 e. The van der Waals surface area contributed by atoms with Gasteiger partial charge in [-0.15, -0.1) is 10.2 Å². The first kappa shape index (κ1) is 20.2. The van der Waals surface area contributed by atoms with Crippen LogP contribution in [0.15, 0.2) is 70.3 Å². The lowest BCUT2D eigenvalue weighted by atomic mass is 9.96. The summed E-state index contributed by atoms with van der Waals surface area (Å²) in [4.78, 5) is 9.39. The van der Waals surface area contributed by atoms with Crippen molar-refractivity contribution in [2.75, 3.05) is 0 Å². The van der Waals surface area contributed by atoms with Crippen LogP contribution in [-0.2, 0) is 5.41 Å². The van der Waals surface area contributed by atoms with E-state index < -0.39 is 0 Å². The number of aromatic nitrogens is 5. The largest absolute Gasteiger partial charge is 0.338 e. The lowest BCUT2D eigenvalue weighted by Gasteiger charge is -2.11. The van der Waals surface area contributed by atoms with Gasteiger partial charge in [0.1, 0.15) is 11.4 Å². The Morgan fingerprint density at radius 2 is 1.40 bits per heavy atom. The zero-order valence-corrected chi connectivity index (χ0v) is 18.2. The Bertz CT molecular complexity index is 1120. The fourth-order valence-electron chi connectivity index (χ4n) is 2.86. The van der Waals surface area contributed by atoms with Crippen LogP contribution in [0.5, 0.6) is 0 Å². The fourth-order valence-corrected chi connectivity index (χ4v) is 3.61. The molecule has 152 valence electrons. The maximum atomic E-state index is 5.48. The molecule has 0 bridgehead atoms. The predicted molar refractivity (Wildman–Crippen MR) is 118 cm³/mol. The van der Waals surface area contributed by atoms with Gasteiger partial charge in [0.05, 0.1) is 5.25 Å². The Morgan fingerprint density at radius 3 is 1.97 bits per heavy atom. The molecular formula is C23H23N5OS. The Hall–Kier alpha value is -3.06. The van der Waals surface area contributed by atoms with Gasteiger partial charge in [0.15, 0.2) is 5.82 Å². The zero-order valence-electron chi connectivity index (χ0n) is 17.4. The van der Waals surface area contributed by atoms with E-state index in [0.29, 0.717) is 16.9 Å². The van der Waals surface area contributed by atoms with Crippen molar-refractivity contribution in [3.05, 3.63) is 72.4 Å². The van der Waals surface area contributed by atoms with Crippen molar-refractivity contribution < 1.29 is 4.52 Å². The van der Waals surface area contributed by atoms with E-state index in [1.54, 1.807) is 0 Å². The number of rotatable bonds is 5. The molecule has 0 aliphatic heterocycles. The van der Waals surface area contributed by atoms with Crippen LogP contribution in [0, 0.1) is 0 Å². The van der Waals surface area contributed by atoms with E-state index in [0.717, 1.165) is 22.5 Å². The molecule has 0 saturated carbocycles. The van der Waals surface area contributed by atoms with Gasteiger partial charge in [0, 0.05) is 16.5 Å². The lowest BCUT2D eigenvalue weighted by molar-refractivity contribution is 0.364. The van der Waals surface area contributed by atoms with Crippen LogP contribution >= 0.6 is 11.8 Å². The average Bonchev–Trinajstić information content (AvgIpc) is 3.26. The van der Waals surface area contributed by atoms with Crippen molar-refractivity contribution in [3.8, 4) is 22.5 Å². The summed E-state index contributed by atoms with van der Waals surface area (Å²) in [6.07, 6.45) is 0. The van der Waals surface area contributed by atoms with E-state index in [4.69, 9.17) is 9.51 Å². The van der Waals surface area contributed by atoms with Crippen molar-refractivity contribution >= 4 is 11.8 Å². The van der Waals surface area contributed by atoms with E-state index in [9.17, 15) is 0 Å². The third kappa shape index (κ3) is 4.41. The van der Waals surface area contributed by atoms with Crippen LogP contribution in [0.2, 0.25) is 0 Å². The molecule has 0 amide bonds. The van der Waals surface area contributed by atoms with Gasteiger partial charge < -0.3 is 4.52 Å². The van der Waals surface area contributed by atoms with Gasteiger partial charge in [0.25, 0.3) is 0 Å². The second-order valence-corrected chi connectivity index (χ2v) is 9.30. The second-order valence-electron chi connectivity index (χ2n) is 7.99. The van der Waals surface area contributed by atoms with Gasteiger partial charge >= 0.3 is 0 Å². The molecule has 7 heteroatoms. The number of hydrogen-bond donors (Lipinski definition) is 0. The van der Waals surface area contributed by atoms with Crippen molar-refractivity contribution in [2.24, 2.45) is 0 Å². The standard InChI is InChI=1S/C23H23N5OS/c1-15(20-25-21(28-29-20)23(2,3)4)30-22-24-18(16-11-7-5-8-12-16)19(26-27-22)17-13-9-6-10-14-17/h5-15H,1-4H3/t15-/m1/s1. The number of nitrogens with zero attached hydrogens (tertiary/aromatic N) is 5. The maximum absolute atomic E-state index is 5.48. The van der Waals surface area contributed by atoms with Crippen molar-refractivity contribution in [1.82, 2.24) is 25.3 Å². The van der Waals surface area contributed by atoms with Gasteiger partial charge in [-0.25, -0.2) is 4.98 Å². The van der Waals surface area contributed by atoms with E-state index >= 15 is 0 Å². The highest BCUT2D eigenvalue weighted by molar-refractivity contribution is 7.99. The highest BCUT2D eigenvalue weighted by atomic mass is 32.2. The van der Waals surface area contributed by atoms with Crippen LogP contribution in [0.3, 0.4) is 0 Å². The van der Waals surface area contributed by atoms with Crippen molar-refractivity contribution in [1.29, 1.82) is 0 Å². The molecule has 0 radical (unpaired) electrons. The summed E-state index contributed by atoms with van der Waals surface area (Å²) in [6, 6.07) is 20.0. The fraction of sp³-hybridized carbons (Fsp3) is 0.261. The summed E-state index contributed by atoms with van der Waals surface area (Å²) in [5, 5.41) is 13.5. The molecule has 1 atom stereocenters. The zero-order chi connectivity index (χ0) is 21.1. The average molecular weight is 418 g/mol. The Morgan fingerprint density at radius 1 is 0.800 bits per heavy atom. The molecule has 0 spiro atoms. The summed E-state index contributed by atoms with van der Waals surface area (Å²) in [7, 11) is 0. The summed E-state index contributed by atoms with van der Waals surface area (Å²) < 4.78 is 5.48. The topological polar surface area (TPSA) is 77.6 Å². The highest BCUT2D eigenvalue weighted by Crippen LogP contribution is 2.35. The molecule has 0 unspecified atom stereocenters. The molecule has 4 rings (SSSR count). The summed E-state index contributed by atoms with van der Waals surface area (Å²) >= 11 is 1.45. The van der Waals surface area contributed by atoms with Crippen LogP contribution in [0.25, 0.3) is 22.5 Å². The van der Waals surface area contributed by atoms with Gasteiger partial charge in [-0.05, 0) is 6.92 Å². The first-order valence-corrected chi connectivity index (χ1v) is 10.7. The molecule has 0 N–H and O–H groups in total. The molecule has 4 aromatic rings. The molecular weight excluding hydrogens is 394 g/mol. The Kier molecular flexibility index (Phi) is 5.63. The predicted octanol–water partition coefficient (Wildman–Crippen LogP) is 5.74. The van der Waals surface area contributed by atoms with E-state index in [1.807, 2.05) is 67.6 Å². The van der Waals surface area contributed by atoms with Gasteiger partial charge in [0.2, 0.25) is 11.0 Å². The van der Waals surface area contributed by atoms with Gasteiger partial charge in [-0.3, -0.25) is 0 Å². The van der Waals surface area contributed by atoms with Crippen molar-refractivity contribution in [2.45, 2.75) is 43.5 Å². The number of thioether (sulfide) groups is 1. The molecule has 0 aliphatic rings. The number of hydrogen-bond acceptors (Lipinski definition) is 7. The van der Waals surface area contributed by atoms with Crippen LogP contribution in [-0.4, -0.2) is 25.3 Å². The molecule has 2 aromatic carbocycles. The first-order chi connectivity index (χ1) is 14.4. The van der Waals surface area contributed by atoms with E-state index in [2.05, 4.69) is 41.1 Å². The molecule has 0 saturated heterocycles. The van der Waals surface area contributed by atoms with Gasteiger partial charge in [-0.1, -0.05) is 98.4 Å². The minimum absolute atomic E-state index is 0.0957. The highest BCUT2D eigenvalue weighted by Gasteiger charge is 2.24. The number of benzene rings is 2. The normalized spacial score (nSPS) is 12.7. The quantitative estimate of drug-likeness (QED) is 0.383. The lowest BCUT2D eigenvalue weighted by Crippen LogP contribution is -2.13. The summed E-state index contributed by atoms with van der Waals surface area (Å²) in [6.45, 7) is 8.17. The summed E-state index contributed by atoms with van der Waals surface area (Å²) in [5.74, 6) is 1.25. The first-order valence-electron chi connectivity index (χ1n) is 9.78. The second kappa shape index (κ2) is 8.36. The van der Waals surface area contributed by atoms with E-state index in [1.165, 1.54) is 11.8 Å². The molecule has 6 nitrogen and oxygen atoms in total. The molecule has 0 aliphatic carbocycles. The van der Waals surface area contributed by atoms with Gasteiger partial charge in [-0.2, -0.15) is 4.98 Å². The Balaban J connectivity index is 1.67. The molecule has 2 heterocycles. The third-order valence-electron chi connectivity index (χ3n) is 4.50. The SMILES string of the molecule is C[C@@H](Sc1nnc(-c2ccccc2)c(-c2ccccc2)n1)c1nc(C(C)(C)C)no1. The smallest absolute Gasteiger partial charge is 0.239 e. The monoisotopic (exact) mass is 417 g/mol. The van der Waals surface area contributed by atoms with Crippen LogP contribution in [0.1, 0.15) is 44.7 Å². The minimum Gasteiger partial charge on any atom is -0.338 e. The third-order valence-corrected chi connectivity index (χ3v) is 5.44. The summed E-state index contributed by atoms with van der Waals surface area (Å²) in [5.41, 5.74) is 3.36. The Labute approximate surface area is 180 Å². The molecule has 0 fully saturated rings.